The standard InChI is InChI=1S/C26H21F2N3O/c1-17-5-3-4-6-22(17)23-12-18(7-8-19(23)13-29)26(25-14-30-16-31(25)2)32-15-20-11-21(27)9-10-24(20)28/h3-12,14,16,26H,15H2,1-2H3. The first-order valence-corrected chi connectivity index (χ1v) is 10.1. The fourth-order valence-electron chi connectivity index (χ4n) is 3.72. The van der Waals surface area contributed by atoms with Gasteiger partial charge in [-0.05, 0) is 53.9 Å². The third-order valence-electron chi connectivity index (χ3n) is 5.44. The van der Waals surface area contributed by atoms with Crippen LogP contribution in [0.1, 0.15) is 34.1 Å². The Morgan fingerprint density at radius 2 is 1.88 bits per heavy atom. The van der Waals surface area contributed by atoms with Gasteiger partial charge in [-0.1, -0.05) is 30.3 Å². The second-order valence-corrected chi connectivity index (χ2v) is 7.59. The number of ether oxygens (including phenoxy) is 1. The van der Waals surface area contributed by atoms with E-state index in [-0.39, 0.29) is 12.2 Å². The minimum Gasteiger partial charge on any atom is -0.362 e. The minimum atomic E-state index is -0.597. The van der Waals surface area contributed by atoms with Gasteiger partial charge < -0.3 is 9.30 Å². The van der Waals surface area contributed by atoms with Crippen LogP contribution in [0.2, 0.25) is 0 Å². The van der Waals surface area contributed by atoms with Crippen molar-refractivity contribution in [2.24, 2.45) is 7.05 Å². The molecule has 0 saturated heterocycles. The van der Waals surface area contributed by atoms with Crippen molar-refractivity contribution in [2.45, 2.75) is 19.6 Å². The number of imidazole rings is 1. The molecule has 0 radical (unpaired) electrons. The molecular weight excluding hydrogens is 408 g/mol. The van der Waals surface area contributed by atoms with Gasteiger partial charge in [-0.3, -0.25) is 0 Å². The number of aryl methyl sites for hydroxylation is 2. The van der Waals surface area contributed by atoms with Gasteiger partial charge in [0.2, 0.25) is 0 Å². The predicted octanol–water partition coefficient (Wildman–Crippen LogP) is 5.85. The number of benzene rings is 3. The number of aromatic nitrogens is 2. The Kier molecular flexibility index (Phi) is 6.11. The number of rotatable bonds is 6. The van der Waals surface area contributed by atoms with Gasteiger partial charge >= 0.3 is 0 Å². The van der Waals surface area contributed by atoms with E-state index >= 15 is 0 Å². The Morgan fingerprint density at radius 1 is 1.06 bits per heavy atom. The number of halogens is 2. The molecule has 3 aromatic carbocycles. The molecule has 1 aromatic heterocycles. The molecule has 0 N–H and O–H groups in total. The van der Waals surface area contributed by atoms with Crippen LogP contribution in [-0.4, -0.2) is 9.55 Å². The zero-order chi connectivity index (χ0) is 22.7. The second-order valence-electron chi connectivity index (χ2n) is 7.59. The topological polar surface area (TPSA) is 50.8 Å². The Labute approximate surface area is 185 Å². The van der Waals surface area contributed by atoms with Crippen LogP contribution in [-0.2, 0) is 18.4 Å². The first-order chi connectivity index (χ1) is 15.5. The number of nitrogens with zero attached hydrogens (tertiary/aromatic N) is 3. The average molecular weight is 429 g/mol. The summed E-state index contributed by atoms with van der Waals surface area (Å²) < 4.78 is 35.7. The molecule has 0 aliphatic rings. The summed E-state index contributed by atoms with van der Waals surface area (Å²) in [5, 5.41) is 9.66. The van der Waals surface area contributed by atoms with Crippen LogP contribution in [0.4, 0.5) is 8.78 Å². The first-order valence-electron chi connectivity index (χ1n) is 10.1. The second kappa shape index (κ2) is 9.13. The van der Waals surface area contributed by atoms with Crippen LogP contribution in [0.25, 0.3) is 11.1 Å². The SMILES string of the molecule is Cc1ccccc1-c1cc(C(OCc2cc(F)ccc2F)c2cncn2C)ccc1C#N. The summed E-state index contributed by atoms with van der Waals surface area (Å²) in [5.41, 5.74) is 4.99. The van der Waals surface area contributed by atoms with Crippen LogP contribution in [0.3, 0.4) is 0 Å². The molecule has 1 unspecified atom stereocenters. The molecular formula is C26H21F2N3O. The quantitative estimate of drug-likeness (QED) is 0.386. The average Bonchev–Trinajstić information content (AvgIpc) is 3.22. The molecule has 1 heterocycles. The normalized spacial score (nSPS) is 11.8. The molecule has 0 spiro atoms. The largest absolute Gasteiger partial charge is 0.362 e. The molecule has 0 aliphatic carbocycles. The highest BCUT2D eigenvalue weighted by Gasteiger charge is 2.21. The summed E-state index contributed by atoms with van der Waals surface area (Å²) in [5.74, 6) is -1.06. The molecule has 4 aromatic rings. The number of hydrogen-bond acceptors (Lipinski definition) is 3. The van der Waals surface area contributed by atoms with E-state index < -0.39 is 17.7 Å². The summed E-state index contributed by atoms with van der Waals surface area (Å²) in [4.78, 5) is 4.18. The van der Waals surface area contributed by atoms with Gasteiger partial charge in [0.05, 0.1) is 36.5 Å². The zero-order valence-electron chi connectivity index (χ0n) is 17.7. The van der Waals surface area contributed by atoms with Crippen molar-refractivity contribution < 1.29 is 13.5 Å². The highest BCUT2D eigenvalue weighted by Crippen LogP contribution is 2.33. The zero-order valence-corrected chi connectivity index (χ0v) is 17.7. The van der Waals surface area contributed by atoms with Crippen molar-refractivity contribution >= 4 is 0 Å². The van der Waals surface area contributed by atoms with Crippen molar-refractivity contribution in [3.63, 3.8) is 0 Å². The van der Waals surface area contributed by atoms with Gasteiger partial charge in [0.1, 0.15) is 17.7 Å². The first kappa shape index (κ1) is 21.4. The fourth-order valence-corrected chi connectivity index (χ4v) is 3.72. The molecule has 0 bridgehead atoms. The predicted molar refractivity (Wildman–Crippen MR) is 118 cm³/mol. The summed E-state index contributed by atoms with van der Waals surface area (Å²) in [6.45, 7) is 1.87. The van der Waals surface area contributed by atoms with Gasteiger partial charge in [0.25, 0.3) is 0 Å². The monoisotopic (exact) mass is 429 g/mol. The molecule has 0 saturated carbocycles. The summed E-state index contributed by atoms with van der Waals surface area (Å²) in [7, 11) is 1.84. The molecule has 4 nitrogen and oxygen atoms in total. The molecule has 32 heavy (non-hydrogen) atoms. The fraction of sp³-hybridized carbons (Fsp3) is 0.154. The smallest absolute Gasteiger partial charge is 0.128 e. The van der Waals surface area contributed by atoms with E-state index in [9.17, 15) is 14.0 Å². The van der Waals surface area contributed by atoms with Crippen LogP contribution in [0.5, 0.6) is 0 Å². The molecule has 4 rings (SSSR count). The minimum absolute atomic E-state index is 0.126. The van der Waals surface area contributed by atoms with Gasteiger partial charge in [0, 0.05) is 18.2 Å². The van der Waals surface area contributed by atoms with Gasteiger partial charge in [-0.15, -0.1) is 0 Å². The maximum Gasteiger partial charge on any atom is 0.128 e. The molecule has 0 fully saturated rings. The lowest BCUT2D eigenvalue weighted by molar-refractivity contribution is 0.0603. The molecule has 160 valence electrons. The van der Waals surface area contributed by atoms with Gasteiger partial charge in [-0.2, -0.15) is 5.26 Å². The molecule has 0 aliphatic heterocycles. The van der Waals surface area contributed by atoms with Crippen LogP contribution >= 0.6 is 0 Å². The summed E-state index contributed by atoms with van der Waals surface area (Å²) in [6, 6.07) is 18.9. The van der Waals surface area contributed by atoms with Crippen molar-refractivity contribution in [1.29, 1.82) is 5.26 Å². The van der Waals surface area contributed by atoms with Crippen molar-refractivity contribution in [2.75, 3.05) is 0 Å². The number of hydrogen-bond donors (Lipinski definition) is 0. The van der Waals surface area contributed by atoms with Crippen molar-refractivity contribution in [3.8, 4) is 17.2 Å². The Bertz CT molecular complexity index is 1310. The Hall–Kier alpha value is -3.82. The van der Waals surface area contributed by atoms with Gasteiger partial charge in [-0.25, -0.2) is 13.8 Å². The van der Waals surface area contributed by atoms with E-state index in [2.05, 4.69) is 11.1 Å². The summed E-state index contributed by atoms with van der Waals surface area (Å²) in [6.07, 6.45) is 2.74. The Morgan fingerprint density at radius 3 is 2.59 bits per heavy atom. The van der Waals surface area contributed by atoms with E-state index in [1.165, 1.54) is 0 Å². The molecule has 1 atom stereocenters. The van der Waals surface area contributed by atoms with Crippen molar-refractivity contribution in [3.05, 3.63) is 113 Å². The maximum atomic E-state index is 14.2. The van der Waals surface area contributed by atoms with Crippen LogP contribution in [0, 0.1) is 29.9 Å². The van der Waals surface area contributed by atoms with E-state index in [0.717, 1.165) is 46.1 Å². The lowest BCUT2D eigenvalue weighted by atomic mass is 9.93. The summed E-state index contributed by atoms with van der Waals surface area (Å²) >= 11 is 0. The van der Waals surface area contributed by atoms with Crippen LogP contribution in [0.15, 0.2) is 73.2 Å². The third kappa shape index (κ3) is 4.29. The lowest BCUT2D eigenvalue weighted by Crippen LogP contribution is -2.11. The van der Waals surface area contributed by atoms with Crippen molar-refractivity contribution in [1.82, 2.24) is 9.55 Å². The van der Waals surface area contributed by atoms with E-state index in [4.69, 9.17) is 4.74 Å². The maximum absolute atomic E-state index is 14.2. The van der Waals surface area contributed by atoms with E-state index in [1.807, 2.05) is 54.9 Å². The van der Waals surface area contributed by atoms with E-state index in [0.29, 0.717) is 5.56 Å². The van der Waals surface area contributed by atoms with Crippen LogP contribution < -0.4 is 0 Å². The van der Waals surface area contributed by atoms with E-state index in [1.54, 1.807) is 18.6 Å². The lowest BCUT2D eigenvalue weighted by Gasteiger charge is -2.21. The highest BCUT2D eigenvalue weighted by molar-refractivity contribution is 5.74. The molecule has 6 heteroatoms. The Balaban J connectivity index is 1.77. The molecule has 0 amide bonds. The third-order valence-corrected chi connectivity index (χ3v) is 5.44. The highest BCUT2D eigenvalue weighted by atomic mass is 19.1. The van der Waals surface area contributed by atoms with Gasteiger partial charge in [0.15, 0.2) is 0 Å². The number of nitriles is 1.